The molecule has 0 amide bonds. The van der Waals surface area contributed by atoms with E-state index in [1.165, 1.54) is 25.0 Å². The fourth-order valence-corrected chi connectivity index (χ4v) is 4.89. The molecular formula is C25H27F2N7O. The number of benzene rings is 1. The molecule has 0 radical (unpaired) electrons. The lowest BCUT2D eigenvalue weighted by Crippen LogP contribution is -2.20. The average molecular weight is 480 g/mol. The van der Waals surface area contributed by atoms with E-state index >= 15 is 0 Å². The van der Waals surface area contributed by atoms with Crippen molar-refractivity contribution in [3.05, 3.63) is 53.6 Å². The topological polar surface area (TPSA) is 73.9 Å². The Kier molecular flexibility index (Phi) is 5.28. The number of hydrogen-bond acceptors (Lipinski definition) is 6. The van der Waals surface area contributed by atoms with Crippen LogP contribution < -0.4 is 4.90 Å². The van der Waals surface area contributed by atoms with Gasteiger partial charge in [0.05, 0.1) is 18.3 Å². The summed E-state index contributed by atoms with van der Waals surface area (Å²) in [6.07, 6.45) is 7.65. The van der Waals surface area contributed by atoms with E-state index in [0.29, 0.717) is 47.7 Å². The molecule has 10 heteroatoms. The Labute approximate surface area is 201 Å². The summed E-state index contributed by atoms with van der Waals surface area (Å²) in [5.41, 5.74) is 2.79. The van der Waals surface area contributed by atoms with Crippen LogP contribution in [0.25, 0.3) is 22.4 Å². The van der Waals surface area contributed by atoms with Gasteiger partial charge >= 0.3 is 0 Å². The van der Waals surface area contributed by atoms with Gasteiger partial charge in [0.15, 0.2) is 5.65 Å². The summed E-state index contributed by atoms with van der Waals surface area (Å²) in [6.45, 7) is 0.566. The van der Waals surface area contributed by atoms with Crippen LogP contribution in [-0.4, -0.2) is 50.0 Å². The minimum absolute atomic E-state index is 0.00879. The first-order valence-corrected chi connectivity index (χ1v) is 11.9. The van der Waals surface area contributed by atoms with Crippen LogP contribution in [-0.2, 0) is 11.8 Å². The van der Waals surface area contributed by atoms with Crippen molar-refractivity contribution < 1.29 is 13.5 Å². The van der Waals surface area contributed by atoms with Gasteiger partial charge in [-0.15, -0.1) is 0 Å². The van der Waals surface area contributed by atoms with Crippen molar-refractivity contribution in [2.24, 2.45) is 7.05 Å². The first-order valence-electron chi connectivity index (χ1n) is 11.9. The molecule has 1 saturated heterocycles. The van der Waals surface area contributed by atoms with Crippen molar-refractivity contribution in [2.75, 3.05) is 25.6 Å². The van der Waals surface area contributed by atoms with E-state index < -0.39 is 11.6 Å². The van der Waals surface area contributed by atoms with Crippen LogP contribution in [0.5, 0.6) is 0 Å². The number of rotatable bonds is 5. The maximum absolute atomic E-state index is 14.9. The number of fused-ring (bicyclic) bond motifs is 1. The molecule has 1 aromatic carbocycles. The van der Waals surface area contributed by atoms with Crippen LogP contribution in [0.3, 0.4) is 0 Å². The van der Waals surface area contributed by atoms with Gasteiger partial charge in [0, 0.05) is 57.1 Å². The van der Waals surface area contributed by atoms with E-state index in [1.807, 2.05) is 41.5 Å². The Hall–Kier alpha value is -3.40. The minimum atomic E-state index is -0.666. The van der Waals surface area contributed by atoms with E-state index in [9.17, 15) is 8.78 Å². The Morgan fingerprint density at radius 3 is 2.66 bits per heavy atom. The Morgan fingerprint density at radius 2 is 1.91 bits per heavy atom. The number of ether oxygens (including phenoxy) is 1. The third-order valence-electron chi connectivity index (χ3n) is 6.87. The second-order valence-corrected chi connectivity index (χ2v) is 9.66. The molecule has 0 N–H and O–H groups in total. The molecule has 0 spiro atoms. The minimum Gasteiger partial charge on any atom is -0.373 e. The van der Waals surface area contributed by atoms with Crippen molar-refractivity contribution in [1.29, 1.82) is 0 Å². The summed E-state index contributed by atoms with van der Waals surface area (Å²) >= 11 is 0. The quantitative estimate of drug-likeness (QED) is 0.418. The number of nitrogens with zero attached hydrogens (tertiary/aromatic N) is 7. The van der Waals surface area contributed by atoms with Crippen molar-refractivity contribution in [2.45, 2.75) is 43.7 Å². The summed E-state index contributed by atoms with van der Waals surface area (Å²) in [6, 6.07) is 4.07. The van der Waals surface area contributed by atoms with E-state index in [4.69, 9.17) is 19.7 Å². The zero-order valence-electron chi connectivity index (χ0n) is 19.9. The molecule has 2 fully saturated rings. The predicted octanol–water partition coefficient (Wildman–Crippen LogP) is 4.54. The molecule has 0 bridgehead atoms. The first kappa shape index (κ1) is 22.1. The summed E-state index contributed by atoms with van der Waals surface area (Å²) in [5, 5.41) is 4.51. The molecule has 4 heterocycles. The van der Waals surface area contributed by atoms with Gasteiger partial charge in [-0.25, -0.2) is 18.7 Å². The van der Waals surface area contributed by atoms with Gasteiger partial charge in [-0.05, 0) is 37.8 Å². The summed E-state index contributed by atoms with van der Waals surface area (Å²) < 4.78 is 38.5. The zero-order chi connectivity index (χ0) is 24.3. The maximum Gasteiger partial charge on any atom is 0.207 e. The number of imidazole rings is 1. The molecule has 3 aromatic heterocycles. The fourth-order valence-electron chi connectivity index (χ4n) is 4.89. The molecular weight excluding hydrogens is 452 g/mol. The molecule has 0 unspecified atom stereocenters. The van der Waals surface area contributed by atoms with Gasteiger partial charge < -0.3 is 14.2 Å². The van der Waals surface area contributed by atoms with Crippen LogP contribution in [0.1, 0.15) is 55.1 Å². The van der Waals surface area contributed by atoms with E-state index in [2.05, 4.69) is 11.3 Å². The Bertz CT molecular complexity index is 1410. The monoisotopic (exact) mass is 479 g/mol. The normalized spacial score (nSPS) is 20.5. The molecule has 182 valence electrons. The molecule has 4 aromatic rings. The third-order valence-corrected chi connectivity index (χ3v) is 6.87. The van der Waals surface area contributed by atoms with Crippen LogP contribution >= 0.6 is 0 Å². The number of aryl methyl sites for hydroxylation is 1. The van der Waals surface area contributed by atoms with Crippen molar-refractivity contribution >= 4 is 17.1 Å². The molecule has 6 rings (SSSR count). The first-order chi connectivity index (χ1) is 16.9. The van der Waals surface area contributed by atoms with Crippen molar-refractivity contribution in [3.8, 4) is 11.3 Å². The molecule has 8 nitrogen and oxygen atoms in total. The smallest absolute Gasteiger partial charge is 0.207 e. The lowest BCUT2D eigenvalue weighted by atomic mass is 9.92. The maximum atomic E-state index is 14.9. The number of halogens is 2. The standard InChI is InChI=1S/C25H27F2N7O/c1-32(2)25-31-24-22(33(25)3)21(18-7-4-16(26)11-19(18)27)29-23(30-24)14-8-9-35-20(10-14)15-12-28-34(13-15)17-5-6-17/h4,7,11-14,17,20H,5-6,8-10H2,1-3H3/t14-,20-/m1/s1. The van der Waals surface area contributed by atoms with Gasteiger partial charge in [0.1, 0.15) is 28.7 Å². The molecule has 1 aliphatic carbocycles. The Balaban J connectivity index is 1.42. The molecule has 35 heavy (non-hydrogen) atoms. The molecule has 2 atom stereocenters. The molecule has 1 saturated carbocycles. The van der Waals surface area contributed by atoms with Crippen LogP contribution in [0.4, 0.5) is 14.7 Å². The second kappa shape index (κ2) is 8.37. The SMILES string of the molecule is CN(C)c1nc2nc([C@@H]3CCO[C@@H](c4cnn(C5CC5)c4)C3)nc(-c3ccc(F)cc3F)c2n1C. The van der Waals surface area contributed by atoms with Gasteiger partial charge in [0.2, 0.25) is 5.95 Å². The van der Waals surface area contributed by atoms with Crippen LogP contribution in [0.2, 0.25) is 0 Å². The summed E-state index contributed by atoms with van der Waals surface area (Å²) in [4.78, 5) is 16.3. The number of aromatic nitrogens is 6. The number of anilines is 1. The summed E-state index contributed by atoms with van der Waals surface area (Å²) in [7, 11) is 5.62. The fraction of sp³-hybridized carbons (Fsp3) is 0.440. The van der Waals surface area contributed by atoms with E-state index in [-0.39, 0.29) is 17.6 Å². The third kappa shape index (κ3) is 3.95. The lowest BCUT2D eigenvalue weighted by molar-refractivity contribution is 0.00396. The van der Waals surface area contributed by atoms with Crippen molar-refractivity contribution in [3.63, 3.8) is 0 Å². The highest BCUT2D eigenvalue weighted by atomic mass is 19.1. The largest absolute Gasteiger partial charge is 0.373 e. The summed E-state index contributed by atoms with van der Waals surface area (Å²) in [5.74, 6) is -0.0137. The van der Waals surface area contributed by atoms with Gasteiger partial charge in [-0.2, -0.15) is 10.1 Å². The highest BCUT2D eigenvalue weighted by molar-refractivity contribution is 5.89. The van der Waals surface area contributed by atoms with Crippen molar-refractivity contribution in [1.82, 2.24) is 29.3 Å². The highest BCUT2D eigenvalue weighted by Gasteiger charge is 2.31. The van der Waals surface area contributed by atoms with Gasteiger partial charge in [-0.3, -0.25) is 4.68 Å². The molecule has 2 aliphatic rings. The van der Waals surface area contributed by atoms with Crippen LogP contribution in [0.15, 0.2) is 30.6 Å². The predicted molar refractivity (Wildman–Crippen MR) is 127 cm³/mol. The van der Waals surface area contributed by atoms with Gasteiger partial charge in [-0.1, -0.05) is 0 Å². The van der Waals surface area contributed by atoms with E-state index in [1.54, 1.807) is 0 Å². The lowest BCUT2D eigenvalue weighted by Gasteiger charge is -2.28. The van der Waals surface area contributed by atoms with Crippen LogP contribution in [0, 0.1) is 11.6 Å². The zero-order valence-corrected chi connectivity index (χ0v) is 19.9. The van der Waals surface area contributed by atoms with Gasteiger partial charge in [0.25, 0.3) is 0 Å². The second-order valence-electron chi connectivity index (χ2n) is 9.66. The van der Waals surface area contributed by atoms with E-state index in [0.717, 1.165) is 18.1 Å². The Morgan fingerprint density at radius 1 is 1.09 bits per heavy atom. The average Bonchev–Trinajstić information content (AvgIpc) is 3.47. The number of hydrogen-bond donors (Lipinski definition) is 0. The molecule has 1 aliphatic heterocycles. The highest BCUT2D eigenvalue weighted by Crippen LogP contribution is 2.40.